The van der Waals surface area contributed by atoms with Crippen molar-refractivity contribution < 1.29 is 5.21 Å². The Morgan fingerprint density at radius 1 is 1.30 bits per heavy atom. The standard InChI is InChI=1S/C14H16N4OS/c15-14(17-19)11-9-13(18-5-7-20-8-6-18)16-12-4-2-1-3-10(11)12/h1-4,9,19H,5-8H2,(H2,15,17). The number of thioether (sulfide) groups is 1. The second kappa shape index (κ2) is 5.58. The van der Waals surface area contributed by atoms with E-state index < -0.39 is 0 Å². The van der Waals surface area contributed by atoms with Gasteiger partial charge in [0.2, 0.25) is 0 Å². The molecule has 2 aromatic rings. The van der Waals surface area contributed by atoms with Crippen LogP contribution >= 0.6 is 11.8 Å². The van der Waals surface area contributed by atoms with Crippen LogP contribution in [-0.4, -0.2) is 40.6 Å². The van der Waals surface area contributed by atoms with Crippen LogP contribution in [0, 0.1) is 0 Å². The van der Waals surface area contributed by atoms with E-state index in [0.29, 0.717) is 0 Å². The average molecular weight is 288 g/mol. The minimum absolute atomic E-state index is 0.122. The lowest BCUT2D eigenvalue weighted by molar-refractivity contribution is 0.318. The Bertz CT molecular complexity index is 653. The maximum absolute atomic E-state index is 8.97. The number of rotatable bonds is 2. The molecule has 0 amide bonds. The van der Waals surface area contributed by atoms with Gasteiger partial charge < -0.3 is 15.8 Å². The number of nitrogens with zero attached hydrogens (tertiary/aromatic N) is 3. The SMILES string of the molecule is NC(=NO)c1cc(N2CCSCC2)nc2ccccc12. The fraction of sp³-hybridized carbons (Fsp3) is 0.286. The van der Waals surface area contributed by atoms with E-state index in [2.05, 4.69) is 10.1 Å². The molecule has 0 unspecified atom stereocenters. The predicted octanol–water partition coefficient (Wildman–Crippen LogP) is 1.88. The van der Waals surface area contributed by atoms with Crippen LogP contribution in [0.5, 0.6) is 0 Å². The summed E-state index contributed by atoms with van der Waals surface area (Å²) < 4.78 is 0. The molecule has 6 heteroatoms. The van der Waals surface area contributed by atoms with Gasteiger partial charge in [0.25, 0.3) is 0 Å². The van der Waals surface area contributed by atoms with Crippen molar-refractivity contribution in [2.75, 3.05) is 29.5 Å². The molecule has 2 heterocycles. The maximum atomic E-state index is 8.97. The van der Waals surface area contributed by atoms with E-state index in [4.69, 9.17) is 15.9 Å². The lowest BCUT2D eigenvalue weighted by Gasteiger charge is -2.28. The van der Waals surface area contributed by atoms with Gasteiger partial charge in [0.05, 0.1) is 5.52 Å². The zero-order valence-corrected chi connectivity index (χ0v) is 11.8. The molecule has 0 atom stereocenters. The Hall–Kier alpha value is -1.95. The number of amidine groups is 1. The minimum Gasteiger partial charge on any atom is -0.409 e. The first-order valence-corrected chi connectivity index (χ1v) is 7.65. The molecule has 3 N–H and O–H groups in total. The quantitative estimate of drug-likeness (QED) is 0.382. The summed E-state index contributed by atoms with van der Waals surface area (Å²) in [6.45, 7) is 1.96. The molecule has 1 fully saturated rings. The highest BCUT2D eigenvalue weighted by molar-refractivity contribution is 7.99. The Morgan fingerprint density at radius 2 is 2.05 bits per heavy atom. The van der Waals surface area contributed by atoms with Crippen LogP contribution in [0.4, 0.5) is 5.82 Å². The van der Waals surface area contributed by atoms with E-state index in [1.165, 1.54) is 0 Å². The van der Waals surface area contributed by atoms with Crippen LogP contribution in [-0.2, 0) is 0 Å². The largest absolute Gasteiger partial charge is 0.409 e. The van der Waals surface area contributed by atoms with Gasteiger partial charge in [-0.15, -0.1) is 0 Å². The Kier molecular flexibility index (Phi) is 3.64. The zero-order chi connectivity index (χ0) is 13.9. The van der Waals surface area contributed by atoms with Gasteiger partial charge in [0.15, 0.2) is 5.84 Å². The molecule has 0 saturated carbocycles. The molecule has 104 valence electrons. The number of anilines is 1. The van der Waals surface area contributed by atoms with Gasteiger partial charge in [-0.3, -0.25) is 0 Å². The molecule has 1 saturated heterocycles. The van der Waals surface area contributed by atoms with Crippen molar-refractivity contribution in [3.8, 4) is 0 Å². The average Bonchev–Trinajstić information content (AvgIpc) is 2.54. The fourth-order valence-corrected chi connectivity index (χ4v) is 3.28. The summed E-state index contributed by atoms with van der Waals surface area (Å²) in [5.74, 6) is 3.22. The molecule has 1 aliphatic heterocycles. The third kappa shape index (κ3) is 2.38. The van der Waals surface area contributed by atoms with Crippen molar-refractivity contribution in [1.82, 2.24) is 4.98 Å². The topological polar surface area (TPSA) is 74.7 Å². The van der Waals surface area contributed by atoms with Crippen LogP contribution in [0.15, 0.2) is 35.5 Å². The van der Waals surface area contributed by atoms with Crippen molar-refractivity contribution in [2.24, 2.45) is 10.9 Å². The number of nitrogens with two attached hydrogens (primary N) is 1. The number of pyridine rings is 1. The summed E-state index contributed by atoms with van der Waals surface area (Å²) in [6.07, 6.45) is 0. The first-order valence-electron chi connectivity index (χ1n) is 6.50. The van der Waals surface area contributed by atoms with Crippen molar-refractivity contribution in [2.45, 2.75) is 0 Å². The Balaban J connectivity index is 2.14. The molecule has 3 rings (SSSR count). The highest BCUT2D eigenvalue weighted by Crippen LogP contribution is 2.24. The normalized spacial score (nSPS) is 16.6. The summed E-state index contributed by atoms with van der Waals surface area (Å²) in [7, 11) is 0. The lowest BCUT2D eigenvalue weighted by Crippen LogP contribution is -2.33. The van der Waals surface area contributed by atoms with Gasteiger partial charge in [0.1, 0.15) is 5.82 Å². The number of hydrogen-bond donors (Lipinski definition) is 2. The van der Waals surface area contributed by atoms with Crippen LogP contribution in [0.25, 0.3) is 10.9 Å². The van der Waals surface area contributed by atoms with E-state index in [1.807, 2.05) is 42.1 Å². The van der Waals surface area contributed by atoms with Gasteiger partial charge in [-0.25, -0.2) is 4.98 Å². The smallest absolute Gasteiger partial charge is 0.170 e. The van der Waals surface area contributed by atoms with Crippen molar-refractivity contribution in [3.63, 3.8) is 0 Å². The zero-order valence-electron chi connectivity index (χ0n) is 11.0. The second-order valence-electron chi connectivity index (χ2n) is 4.63. The van der Waals surface area contributed by atoms with E-state index in [1.54, 1.807) is 0 Å². The first-order chi connectivity index (χ1) is 9.79. The third-order valence-corrected chi connectivity index (χ3v) is 4.36. The lowest BCUT2D eigenvalue weighted by atomic mass is 10.1. The monoisotopic (exact) mass is 288 g/mol. The van der Waals surface area contributed by atoms with Crippen LogP contribution < -0.4 is 10.6 Å². The summed E-state index contributed by atoms with van der Waals surface area (Å²) in [5, 5.41) is 13.0. The molecule has 0 aliphatic carbocycles. The Morgan fingerprint density at radius 3 is 2.80 bits per heavy atom. The fourth-order valence-electron chi connectivity index (χ4n) is 2.38. The Labute approximate surface area is 121 Å². The predicted molar refractivity (Wildman–Crippen MR) is 83.8 cm³/mol. The first kappa shape index (κ1) is 13.1. The van der Waals surface area contributed by atoms with Crippen molar-refractivity contribution >= 4 is 34.3 Å². The summed E-state index contributed by atoms with van der Waals surface area (Å²) in [4.78, 5) is 6.95. The molecule has 1 aliphatic rings. The number of hydrogen-bond acceptors (Lipinski definition) is 5. The summed E-state index contributed by atoms with van der Waals surface area (Å²) in [6, 6.07) is 9.67. The third-order valence-electron chi connectivity index (χ3n) is 3.42. The van der Waals surface area contributed by atoms with Gasteiger partial charge in [0, 0.05) is 35.5 Å². The van der Waals surface area contributed by atoms with Gasteiger partial charge in [-0.05, 0) is 12.1 Å². The van der Waals surface area contributed by atoms with E-state index in [-0.39, 0.29) is 5.84 Å². The molecule has 0 radical (unpaired) electrons. The highest BCUT2D eigenvalue weighted by Gasteiger charge is 2.16. The minimum atomic E-state index is 0.122. The molecule has 5 nitrogen and oxygen atoms in total. The molecule has 20 heavy (non-hydrogen) atoms. The number of fused-ring (bicyclic) bond motifs is 1. The van der Waals surface area contributed by atoms with Crippen molar-refractivity contribution in [1.29, 1.82) is 0 Å². The van der Waals surface area contributed by atoms with E-state index in [9.17, 15) is 0 Å². The highest BCUT2D eigenvalue weighted by atomic mass is 32.2. The van der Waals surface area contributed by atoms with Crippen molar-refractivity contribution in [3.05, 3.63) is 35.9 Å². The van der Waals surface area contributed by atoms with Crippen LogP contribution in [0.3, 0.4) is 0 Å². The van der Waals surface area contributed by atoms with E-state index >= 15 is 0 Å². The van der Waals surface area contributed by atoms with Gasteiger partial charge >= 0.3 is 0 Å². The summed E-state index contributed by atoms with van der Waals surface area (Å²) in [5.41, 5.74) is 7.40. The van der Waals surface area contributed by atoms with Gasteiger partial charge in [-0.1, -0.05) is 23.4 Å². The number of benzene rings is 1. The molecule has 0 bridgehead atoms. The molecular weight excluding hydrogens is 272 g/mol. The van der Waals surface area contributed by atoms with Crippen LogP contribution in [0.2, 0.25) is 0 Å². The molecule has 1 aromatic carbocycles. The number of oxime groups is 1. The molecule has 0 spiro atoms. The van der Waals surface area contributed by atoms with E-state index in [0.717, 1.165) is 46.9 Å². The molecular formula is C14H16N4OS. The maximum Gasteiger partial charge on any atom is 0.170 e. The van der Waals surface area contributed by atoms with Gasteiger partial charge in [-0.2, -0.15) is 11.8 Å². The molecule has 1 aromatic heterocycles. The second-order valence-corrected chi connectivity index (χ2v) is 5.85. The number of para-hydroxylation sites is 1. The number of aromatic nitrogens is 1. The summed E-state index contributed by atoms with van der Waals surface area (Å²) >= 11 is 1.95. The van der Waals surface area contributed by atoms with Crippen LogP contribution in [0.1, 0.15) is 5.56 Å².